The number of ether oxygens (including phenoxy) is 1. The molecule has 5 heteroatoms. The monoisotopic (exact) mass is 408 g/mol. The van der Waals surface area contributed by atoms with E-state index in [1.54, 1.807) is 36.5 Å². The van der Waals surface area contributed by atoms with Crippen molar-refractivity contribution in [2.75, 3.05) is 0 Å². The second kappa shape index (κ2) is 13.3. The molecule has 0 fully saturated rings. The predicted molar refractivity (Wildman–Crippen MR) is 121 cm³/mol. The molecular formula is C25H32N2O3. The van der Waals surface area contributed by atoms with Crippen LogP contribution in [0.1, 0.15) is 79.8 Å². The number of nitrogens with zero attached hydrogens (tertiary/aromatic N) is 1. The number of hydrazone groups is 1. The predicted octanol–water partition coefficient (Wildman–Crippen LogP) is 5.81. The first kappa shape index (κ1) is 23.3. The van der Waals surface area contributed by atoms with Crippen molar-refractivity contribution >= 4 is 18.1 Å². The van der Waals surface area contributed by atoms with Crippen molar-refractivity contribution in [1.82, 2.24) is 5.43 Å². The summed E-state index contributed by atoms with van der Waals surface area (Å²) in [5.74, 6) is 0.0131. The summed E-state index contributed by atoms with van der Waals surface area (Å²) in [7, 11) is 0. The lowest BCUT2D eigenvalue weighted by Crippen LogP contribution is -2.16. The summed E-state index contributed by atoms with van der Waals surface area (Å²) in [6.07, 6.45) is 10.3. The third kappa shape index (κ3) is 8.60. The number of unbranched alkanes of at least 4 members (excludes halogenated alkanes) is 6. The second-order valence-electron chi connectivity index (χ2n) is 7.44. The Bertz CT molecular complexity index is 829. The number of amides is 1. The number of rotatable bonds is 12. The van der Waals surface area contributed by atoms with Crippen LogP contribution < -0.4 is 10.2 Å². The molecule has 2 aromatic rings. The van der Waals surface area contributed by atoms with Crippen molar-refractivity contribution in [3.8, 4) is 5.75 Å². The maximum absolute atomic E-state index is 12.2. The second-order valence-corrected chi connectivity index (χ2v) is 7.44. The zero-order valence-corrected chi connectivity index (χ0v) is 18.0. The summed E-state index contributed by atoms with van der Waals surface area (Å²) < 4.78 is 5.41. The van der Waals surface area contributed by atoms with Gasteiger partial charge in [-0.1, -0.05) is 63.6 Å². The third-order valence-corrected chi connectivity index (χ3v) is 4.87. The number of carbonyl (C=O) groups is 2. The molecule has 0 aliphatic carbocycles. The number of esters is 1. The molecule has 0 saturated carbocycles. The Labute approximate surface area is 179 Å². The summed E-state index contributed by atoms with van der Waals surface area (Å²) in [4.78, 5) is 24.1. The van der Waals surface area contributed by atoms with Gasteiger partial charge in [-0.2, -0.15) is 5.10 Å². The fourth-order valence-electron chi connectivity index (χ4n) is 3.06. The molecule has 1 N–H and O–H groups in total. The van der Waals surface area contributed by atoms with Gasteiger partial charge in [0.25, 0.3) is 0 Å². The molecule has 0 aliphatic rings. The molecule has 0 radical (unpaired) electrons. The number of hydrogen-bond acceptors (Lipinski definition) is 4. The lowest BCUT2D eigenvalue weighted by atomic mass is 10.1. The largest absolute Gasteiger partial charge is 0.423 e. The number of carbonyl (C=O) groups excluding carboxylic acids is 2. The Kier molecular flexibility index (Phi) is 10.3. The van der Waals surface area contributed by atoms with Gasteiger partial charge < -0.3 is 4.74 Å². The standard InChI is InChI=1S/C25H32N2O3/c1-3-4-5-6-7-8-9-14-24(28)27-26-19-21-15-17-22(18-16-21)30-25(29)23-13-11-10-12-20(23)2/h10-13,15-19H,3-9,14H2,1-2H3,(H,27,28). The molecule has 2 aromatic carbocycles. The first-order valence-corrected chi connectivity index (χ1v) is 10.8. The van der Waals surface area contributed by atoms with Crippen LogP contribution in [0.15, 0.2) is 53.6 Å². The minimum absolute atomic E-state index is 0.0661. The molecule has 0 atom stereocenters. The average molecular weight is 409 g/mol. The molecule has 0 aromatic heterocycles. The van der Waals surface area contributed by atoms with Crippen LogP contribution in [0.4, 0.5) is 0 Å². The van der Waals surface area contributed by atoms with Crippen LogP contribution in [0.2, 0.25) is 0 Å². The van der Waals surface area contributed by atoms with E-state index in [-0.39, 0.29) is 11.9 Å². The van der Waals surface area contributed by atoms with Crippen molar-refractivity contribution in [2.45, 2.75) is 65.2 Å². The van der Waals surface area contributed by atoms with E-state index >= 15 is 0 Å². The minimum atomic E-state index is -0.382. The molecule has 0 heterocycles. The molecular weight excluding hydrogens is 376 g/mol. The SMILES string of the molecule is CCCCCCCCCC(=O)NN=Cc1ccc(OC(=O)c2ccccc2C)cc1. The highest BCUT2D eigenvalue weighted by atomic mass is 16.5. The summed E-state index contributed by atoms with van der Waals surface area (Å²) >= 11 is 0. The molecule has 160 valence electrons. The van der Waals surface area contributed by atoms with E-state index in [1.807, 2.05) is 25.1 Å². The molecule has 0 spiro atoms. The third-order valence-electron chi connectivity index (χ3n) is 4.87. The molecule has 5 nitrogen and oxygen atoms in total. The number of hydrogen-bond donors (Lipinski definition) is 1. The van der Waals surface area contributed by atoms with Crippen LogP contribution in [0, 0.1) is 6.92 Å². The number of benzene rings is 2. The van der Waals surface area contributed by atoms with Crippen LogP contribution in [-0.4, -0.2) is 18.1 Å². The number of nitrogens with one attached hydrogen (secondary N) is 1. The van der Waals surface area contributed by atoms with Gasteiger partial charge in [0.1, 0.15) is 5.75 Å². The molecule has 1 amide bonds. The quantitative estimate of drug-likeness (QED) is 0.159. The lowest BCUT2D eigenvalue weighted by molar-refractivity contribution is -0.121. The van der Waals surface area contributed by atoms with E-state index in [0.717, 1.165) is 24.0 Å². The van der Waals surface area contributed by atoms with Gasteiger partial charge in [-0.25, -0.2) is 10.2 Å². The van der Waals surface area contributed by atoms with E-state index in [1.165, 1.54) is 32.1 Å². The van der Waals surface area contributed by atoms with Gasteiger partial charge in [0.15, 0.2) is 0 Å². The first-order chi connectivity index (χ1) is 14.6. The highest BCUT2D eigenvalue weighted by Gasteiger charge is 2.10. The van der Waals surface area contributed by atoms with Gasteiger partial charge in [0.2, 0.25) is 5.91 Å². The van der Waals surface area contributed by atoms with Gasteiger partial charge >= 0.3 is 5.97 Å². The van der Waals surface area contributed by atoms with E-state index in [0.29, 0.717) is 17.7 Å². The molecule has 2 rings (SSSR count). The zero-order valence-electron chi connectivity index (χ0n) is 18.0. The Morgan fingerprint density at radius 1 is 0.933 bits per heavy atom. The maximum atomic E-state index is 12.2. The molecule has 0 bridgehead atoms. The number of aryl methyl sites for hydroxylation is 1. The van der Waals surface area contributed by atoms with Crippen LogP contribution >= 0.6 is 0 Å². The molecule has 30 heavy (non-hydrogen) atoms. The van der Waals surface area contributed by atoms with Crippen molar-refractivity contribution in [1.29, 1.82) is 0 Å². The maximum Gasteiger partial charge on any atom is 0.343 e. The average Bonchev–Trinajstić information content (AvgIpc) is 2.74. The van der Waals surface area contributed by atoms with Gasteiger partial charge in [-0.15, -0.1) is 0 Å². The normalized spacial score (nSPS) is 10.9. The van der Waals surface area contributed by atoms with Gasteiger partial charge in [-0.3, -0.25) is 4.79 Å². The highest BCUT2D eigenvalue weighted by molar-refractivity contribution is 5.92. The Morgan fingerprint density at radius 2 is 1.60 bits per heavy atom. The Hall–Kier alpha value is -2.95. The van der Waals surface area contributed by atoms with Crippen LogP contribution in [0.25, 0.3) is 0 Å². The van der Waals surface area contributed by atoms with Crippen molar-refractivity contribution in [3.63, 3.8) is 0 Å². The van der Waals surface area contributed by atoms with Crippen molar-refractivity contribution in [2.24, 2.45) is 5.10 Å². The van der Waals surface area contributed by atoms with E-state index in [9.17, 15) is 9.59 Å². The Morgan fingerprint density at radius 3 is 2.30 bits per heavy atom. The molecule has 0 aliphatic heterocycles. The van der Waals surface area contributed by atoms with Crippen LogP contribution in [0.3, 0.4) is 0 Å². The van der Waals surface area contributed by atoms with Crippen LogP contribution in [-0.2, 0) is 4.79 Å². The summed E-state index contributed by atoms with van der Waals surface area (Å²) in [5, 5.41) is 4.00. The van der Waals surface area contributed by atoms with Gasteiger partial charge in [0.05, 0.1) is 11.8 Å². The van der Waals surface area contributed by atoms with E-state index in [4.69, 9.17) is 4.74 Å². The lowest BCUT2D eigenvalue weighted by Gasteiger charge is -2.06. The van der Waals surface area contributed by atoms with Crippen molar-refractivity contribution < 1.29 is 14.3 Å². The van der Waals surface area contributed by atoms with Gasteiger partial charge in [0, 0.05) is 6.42 Å². The van der Waals surface area contributed by atoms with Gasteiger partial charge in [-0.05, 0) is 54.8 Å². The minimum Gasteiger partial charge on any atom is -0.423 e. The van der Waals surface area contributed by atoms with Crippen molar-refractivity contribution in [3.05, 3.63) is 65.2 Å². The summed E-state index contributed by atoms with van der Waals surface area (Å²) in [6, 6.07) is 14.3. The summed E-state index contributed by atoms with van der Waals surface area (Å²) in [6.45, 7) is 4.08. The molecule has 0 saturated heterocycles. The Balaban J connectivity index is 1.70. The highest BCUT2D eigenvalue weighted by Crippen LogP contribution is 2.15. The van der Waals surface area contributed by atoms with Crippen LogP contribution in [0.5, 0.6) is 5.75 Å². The smallest absolute Gasteiger partial charge is 0.343 e. The summed E-state index contributed by atoms with van der Waals surface area (Å²) in [5.41, 5.74) is 4.79. The topological polar surface area (TPSA) is 67.8 Å². The fraction of sp³-hybridized carbons (Fsp3) is 0.400. The molecule has 0 unspecified atom stereocenters. The van der Waals surface area contributed by atoms with E-state index in [2.05, 4.69) is 17.5 Å². The fourth-order valence-corrected chi connectivity index (χ4v) is 3.06. The zero-order chi connectivity index (χ0) is 21.6. The first-order valence-electron chi connectivity index (χ1n) is 10.8. The van der Waals surface area contributed by atoms with E-state index < -0.39 is 0 Å².